The average Bonchev–Trinajstić information content (AvgIpc) is 3.43. The summed E-state index contributed by atoms with van der Waals surface area (Å²) in [4.78, 5) is 8.87. The molecule has 0 unspecified atom stereocenters. The van der Waals surface area contributed by atoms with Crippen molar-refractivity contribution in [3.8, 4) is 51.1 Å². The molecule has 2 heterocycles. The van der Waals surface area contributed by atoms with Crippen LogP contribution in [0.3, 0.4) is 0 Å². The van der Waals surface area contributed by atoms with Crippen LogP contribution in [-0.4, -0.2) is 25.9 Å². The molecule has 0 saturated carbocycles. The van der Waals surface area contributed by atoms with Crippen LogP contribution in [0.25, 0.3) is 50.4 Å². The van der Waals surface area contributed by atoms with Gasteiger partial charge in [-0.25, -0.2) is 4.68 Å². The van der Waals surface area contributed by atoms with Gasteiger partial charge in [-0.05, 0) is 73.5 Å². The summed E-state index contributed by atoms with van der Waals surface area (Å²) in [5, 5.41) is 14.4. The summed E-state index contributed by atoms with van der Waals surface area (Å²) in [5.41, 5.74) is 8.96. The Morgan fingerprint density at radius 1 is 0.718 bits per heavy atom. The first-order valence-corrected chi connectivity index (χ1v) is 12.8. The van der Waals surface area contributed by atoms with Crippen molar-refractivity contribution < 1.29 is 4.74 Å². The van der Waals surface area contributed by atoms with Gasteiger partial charge in [0.25, 0.3) is 0 Å². The van der Waals surface area contributed by atoms with Crippen molar-refractivity contribution in [3.05, 3.63) is 115 Å². The summed E-state index contributed by atoms with van der Waals surface area (Å²) in [6.07, 6.45) is 3.53. The van der Waals surface area contributed by atoms with Crippen LogP contribution >= 0.6 is 0 Å². The quantitative estimate of drug-likeness (QED) is 0.234. The molecule has 4 aromatic carbocycles. The average molecular weight is 508 g/mol. The van der Waals surface area contributed by atoms with Crippen molar-refractivity contribution in [2.24, 2.45) is 0 Å². The van der Waals surface area contributed by atoms with Crippen molar-refractivity contribution in [3.63, 3.8) is 0 Å². The van der Waals surface area contributed by atoms with Crippen molar-refractivity contribution in [1.82, 2.24) is 19.7 Å². The Kier molecular flexibility index (Phi) is 6.32. The number of hydrogen-bond acceptors (Lipinski definition) is 5. The molecule has 0 aliphatic rings. The van der Waals surface area contributed by atoms with E-state index in [2.05, 4.69) is 58.5 Å². The Morgan fingerprint density at radius 3 is 2.10 bits per heavy atom. The number of hydrogen-bond donors (Lipinski definition) is 0. The molecule has 6 aromatic rings. The van der Waals surface area contributed by atoms with Crippen LogP contribution in [0.4, 0.5) is 0 Å². The minimum Gasteiger partial charge on any atom is -0.491 e. The van der Waals surface area contributed by atoms with Crippen molar-refractivity contribution in [1.29, 1.82) is 5.26 Å². The van der Waals surface area contributed by atoms with E-state index in [1.165, 1.54) is 0 Å². The van der Waals surface area contributed by atoms with E-state index in [1.807, 2.05) is 67.1 Å². The first-order valence-electron chi connectivity index (χ1n) is 12.8. The molecule has 0 atom stereocenters. The topological polar surface area (TPSA) is 76.6 Å². The highest BCUT2D eigenvalue weighted by Crippen LogP contribution is 2.32. The second-order valence-corrected chi connectivity index (χ2v) is 9.52. The van der Waals surface area contributed by atoms with Gasteiger partial charge in [0.15, 0.2) is 0 Å². The summed E-state index contributed by atoms with van der Waals surface area (Å²) in [6.45, 7) is 4.04. The lowest BCUT2D eigenvalue weighted by atomic mass is 10.0. The van der Waals surface area contributed by atoms with Crippen LogP contribution in [-0.2, 0) is 0 Å². The minimum absolute atomic E-state index is 0.143. The molecule has 0 fully saturated rings. The Bertz CT molecular complexity index is 1810. The van der Waals surface area contributed by atoms with Gasteiger partial charge in [-0.2, -0.15) is 10.4 Å². The molecule has 0 bridgehead atoms. The van der Waals surface area contributed by atoms with Gasteiger partial charge in [0.1, 0.15) is 5.75 Å². The van der Waals surface area contributed by atoms with E-state index < -0.39 is 0 Å². The molecule has 0 amide bonds. The second-order valence-electron chi connectivity index (χ2n) is 9.52. The fourth-order valence-corrected chi connectivity index (χ4v) is 4.59. The number of fused-ring (bicyclic) bond motifs is 1. The minimum atomic E-state index is 0.143. The molecule has 0 saturated heterocycles. The van der Waals surface area contributed by atoms with Crippen molar-refractivity contribution in [2.75, 3.05) is 0 Å². The van der Waals surface area contributed by atoms with E-state index in [0.29, 0.717) is 5.56 Å². The van der Waals surface area contributed by atoms with Gasteiger partial charge in [0, 0.05) is 23.5 Å². The highest BCUT2D eigenvalue weighted by Gasteiger charge is 2.15. The number of benzene rings is 4. The molecule has 6 rings (SSSR count). The van der Waals surface area contributed by atoms with Gasteiger partial charge >= 0.3 is 0 Å². The molecule has 0 radical (unpaired) electrons. The lowest BCUT2D eigenvalue weighted by Crippen LogP contribution is -2.05. The van der Waals surface area contributed by atoms with Gasteiger partial charge in [0.05, 0.1) is 45.8 Å². The largest absolute Gasteiger partial charge is 0.491 e. The van der Waals surface area contributed by atoms with E-state index in [0.717, 1.165) is 56.1 Å². The number of nitrogens with zero attached hydrogens (tertiary/aromatic N) is 5. The standard InChI is InChI=1S/C33H25N5O/c1-22(2)39-29-13-10-25(11-14-29)24-6-8-26(9-7-24)31-20-33(27-12-15-30-32(19-27)36-17-16-35-30)38(37-31)28-5-3-4-23(18-28)21-34/h3-20,22H,1-2H3. The van der Waals surface area contributed by atoms with E-state index >= 15 is 0 Å². The first-order chi connectivity index (χ1) is 19.1. The van der Waals surface area contributed by atoms with Crippen LogP contribution in [0.1, 0.15) is 19.4 Å². The Hall–Kier alpha value is -5.28. The normalized spacial score (nSPS) is 11.0. The van der Waals surface area contributed by atoms with Crippen molar-refractivity contribution >= 4 is 11.0 Å². The van der Waals surface area contributed by atoms with Gasteiger partial charge in [-0.15, -0.1) is 0 Å². The molecular formula is C33H25N5O. The number of aromatic nitrogens is 4. The van der Waals surface area contributed by atoms with Crippen molar-refractivity contribution in [2.45, 2.75) is 20.0 Å². The second kappa shape index (κ2) is 10.2. The maximum Gasteiger partial charge on any atom is 0.119 e. The predicted octanol–water partition coefficient (Wildman–Crippen LogP) is 7.48. The maximum atomic E-state index is 9.47. The Balaban J connectivity index is 1.39. The summed E-state index contributed by atoms with van der Waals surface area (Å²) in [6, 6.07) is 34.3. The molecule has 188 valence electrons. The molecule has 6 heteroatoms. The van der Waals surface area contributed by atoms with E-state index in [-0.39, 0.29) is 6.10 Å². The smallest absolute Gasteiger partial charge is 0.119 e. The monoisotopic (exact) mass is 507 g/mol. The summed E-state index contributed by atoms with van der Waals surface area (Å²) in [7, 11) is 0. The van der Waals surface area contributed by atoms with Gasteiger partial charge in [0.2, 0.25) is 0 Å². The third kappa shape index (κ3) is 4.98. The molecule has 6 nitrogen and oxygen atoms in total. The first kappa shape index (κ1) is 24.1. The van der Waals surface area contributed by atoms with E-state index in [4.69, 9.17) is 9.84 Å². The van der Waals surface area contributed by atoms with Gasteiger partial charge in [-0.3, -0.25) is 9.97 Å². The zero-order valence-corrected chi connectivity index (χ0v) is 21.6. The third-order valence-electron chi connectivity index (χ3n) is 6.43. The molecular weight excluding hydrogens is 482 g/mol. The van der Waals surface area contributed by atoms with Crippen LogP contribution in [0.2, 0.25) is 0 Å². The summed E-state index contributed by atoms with van der Waals surface area (Å²) >= 11 is 0. The molecule has 0 aliphatic heterocycles. The number of rotatable bonds is 6. The van der Waals surface area contributed by atoms with Crippen LogP contribution < -0.4 is 4.74 Å². The summed E-state index contributed by atoms with van der Waals surface area (Å²) in [5.74, 6) is 0.864. The van der Waals surface area contributed by atoms with Gasteiger partial charge in [-0.1, -0.05) is 48.5 Å². The molecule has 0 aliphatic carbocycles. The lowest BCUT2D eigenvalue weighted by molar-refractivity contribution is 0.242. The van der Waals surface area contributed by atoms with Crippen LogP contribution in [0.15, 0.2) is 109 Å². The Morgan fingerprint density at radius 2 is 1.38 bits per heavy atom. The third-order valence-corrected chi connectivity index (χ3v) is 6.43. The number of nitriles is 1. The SMILES string of the molecule is CC(C)Oc1ccc(-c2ccc(-c3cc(-c4ccc5nccnc5c4)n(-c4cccc(C#N)c4)n3)cc2)cc1. The molecule has 2 aromatic heterocycles. The van der Waals surface area contributed by atoms with E-state index in [1.54, 1.807) is 18.5 Å². The fraction of sp³-hybridized carbons (Fsp3) is 0.0909. The van der Waals surface area contributed by atoms with E-state index in [9.17, 15) is 5.26 Å². The zero-order valence-electron chi connectivity index (χ0n) is 21.6. The number of ether oxygens (including phenoxy) is 1. The molecule has 0 N–H and O–H groups in total. The Labute approximate surface area is 226 Å². The fourth-order valence-electron chi connectivity index (χ4n) is 4.59. The summed E-state index contributed by atoms with van der Waals surface area (Å²) < 4.78 is 7.65. The van der Waals surface area contributed by atoms with Crippen LogP contribution in [0.5, 0.6) is 5.75 Å². The highest BCUT2D eigenvalue weighted by molar-refractivity contribution is 5.82. The highest BCUT2D eigenvalue weighted by atomic mass is 16.5. The molecule has 39 heavy (non-hydrogen) atoms. The predicted molar refractivity (Wildman–Crippen MR) is 153 cm³/mol. The van der Waals surface area contributed by atoms with Crippen LogP contribution in [0, 0.1) is 11.3 Å². The maximum absolute atomic E-state index is 9.47. The lowest BCUT2D eigenvalue weighted by Gasteiger charge is -2.10. The zero-order chi connectivity index (χ0) is 26.8. The van der Waals surface area contributed by atoms with Gasteiger partial charge < -0.3 is 4.74 Å². The molecule has 0 spiro atoms.